The lowest BCUT2D eigenvalue weighted by atomic mass is 9.64. The Hall–Kier alpha value is -5.04. The predicted molar refractivity (Wildman–Crippen MR) is 154 cm³/mol. The first-order valence-electron chi connectivity index (χ1n) is 13.4. The van der Waals surface area contributed by atoms with Crippen LogP contribution in [0.2, 0.25) is 0 Å². The average Bonchev–Trinajstić information content (AvgIpc) is 3.49. The highest BCUT2D eigenvalue weighted by Gasteiger charge is 2.70. The van der Waals surface area contributed by atoms with E-state index in [1.807, 2.05) is 59.5 Å². The fourth-order valence-corrected chi connectivity index (χ4v) is 6.87. The SMILES string of the molecule is COc1ccc(C(=O)C2C(C(=O)c3ccccc3F)C3(C(=O)Nc4ccccc43)C3C=Cc4ccccc4N23)cc1. The number of rotatable bonds is 5. The lowest BCUT2D eigenvalue weighted by Crippen LogP contribution is -2.51. The molecule has 4 atom stereocenters. The molecule has 1 amide bonds. The van der Waals surface area contributed by atoms with E-state index in [0.717, 1.165) is 11.3 Å². The summed E-state index contributed by atoms with van der Waals surface area (Å²) in [6.45, 7) is 0. The van der Waals surface area contributed by atoms with Gasteiger partial charge in [-0.15, -0.1) is 0 Å². The van der Waals surface area contributed by atoms with Gasteiger partial charge in [0.2, 0.25) is 5.91 Å². The van der Waals surface area contributed by atoms with E-state index in [9.17, 15) is 14.4 Å². The molecular weight excluding hydrogens is 519 g/mol. The topological polar surface area (TPSA) is 75.7 Å². The first kappa shape index (κ1) is 25.0. The van der Waals surface area contributed by atoms with Crippen LogP contribution >= 0.6 is 0 Å². The number of anilines is 2. The van der Waals surface area contributed by atoms with Crippen LogP contribution in [0.15, 0.2) is 103 Å². The van der Waals surface area contributed by atoms with Crippen molar-refractivity contribution >= 4 is 34.9 Å². The van der Waals surface area contributed by atoms with Crippen molar-refractivity contribution in [2.45, 2.75) is 17.5 Å². The van der Waals surface area contributed by atoms with Gasteiger partial charge in [-0.05, 0) is 59.7 Å². The zero-order valence-corrected chi connectivity index (χ0v) is 22.1. The molecule has 3 aliphatic heterocycles. The van der Waals surface area contributed by atoms with E-state index in [1.54, 1.807) is 43.5 Å². The summed E-state index contributed by atoms with van der Waals surface area (Å²) in [5, 5.41) is 2.98. The smallest absolute Gasteiger partial charge is 0.238 e. The molecule has 0 bridgehead atoms. The summed E-state index contributed by atoms with van der Waals surface area (Å²) in [6, 6.07) is 25.4. The number of fused-ring (bicyclic) bond motifs is 6. The highest BCUT2D eigenvalue weighted by atomic mass is 19.1. The van der Waals surface area contributed by atoms with E-state index in [1.165, 1.54) is 18.2 Å². The van der Waals surface area contributed by atoms with Crippen molar-refractivity contribution in [3.8, 4) is 5.75 Å². The van der Waals surface area contributed by atoms with Gasteiger partial charge in [0.05, 0.1) is 24.6 Å². The Bertz CT molecular complexity index is 1760. The molecule has 1 saturated heterocycles. The van der Waals surface area contributed by atoms with Crippen molar-refractivity contribution in [3.05, 3.63) is 131 Å². The number of Topliss-reactive ketones (excluding diaryl/α,β-unsaturated/α-hetero) is 2. The number of benzene rings is 4. The van der Waals surface area contributed by atoms with Crippen LogP contribution in [-0.4, -0.2) is 36.7 Å². The predicted octanol–water partition coefficient (Wildman–Crippen LogP) is 5.69. The fraction of sp³-hybridized carbons (Fsp3) is 0.147. The maximum Gasteiger partial charge on any atom is 0.238 e. The van der Waals surface area contributed by atoms with Crippen LogP contribution in [0, 0.1) is 11.7 Å². The van der Waals surface area contributed by atoms with E-state index >= 15 is 4.39 Å². The normalized spacial score (nSPS) is 23.5. The Kier molecular flexibility index (Phi) is 5.64. The van der Waals surface area contributed by atoms with Gasteiger partial charge in [-0.3, -0.25) is 14.4 Å². The second-order valence-electron chi connectivity index (χ2n) is 10.5. The van der Waals surface area contributed by atoms with E-state index in [2.05, 4.69) is 5.32 Å². The summed E-state index contributed by atoms with van der Waals surface area (Å²) >= 11 is 0. The lowest BCUT2D eigenvalue weighted by Gasteiger charge is -2.37. The van der Waals surface area contributed by atoms with Crippen molar-refractivity contribution < 1.29 is 23.5 Å². The van der Waals surface area contributed by atoms with Crippen LogP contribution in [0.1, 0.15) is 31.8 Å². The highest BCUT2D eigenvalue weighted by molar-refractivity contribution is 6.18. The number of carbonyl (C=O) groups is 3. The van der Waals surface area contributed by atoms with Gasteiger partial charge < -0.3 is 15.0 Å². The van der Waals surface area contributed by atoms with Crippen LogP contribution in [0.5, 0.6) is 5.75 Å². The van der Waals surface area contributed by atoms with Gasteiger partial charge in [-0.1, -0.05) is 60.7 Å². The third kappa shape index (κ3) is 3.45. The molecule has 0 radical (unpaired) electrons. The summed E-state index contributed by atoms with van der Waals surface area (Å²) < 4.78 is 20.5. The first-order chi connectivity index (χ1) is 20.0. The third-order valence-electron chi connectivity index (χ3n) is 8.61. The Labute approximate surface area is 236 Å². The van der Waals surface area contributed by atoms with Crippen LogP contribution in [0.25, 0.3) is 6.08 Å². The second kappa shape index (κ2) is 9.27. The standard InChI is InChI=1S/C34H25FN2O4/c1-41-22-17-14-21(15-18-22)31(38)30-29(32(39)23-9-3-5-11-25(23)35)34(24-10-4-6-12-26(24)36-33(34)40)28-19-16-20-8-2-7-13-27(20)37(28)30/h2-19,28-30H,1H3,(H,36,40). The number of nitrogens with one attached hydrogen (secondary N) is 1. The molecule has 1 fully saturated rings. The molecule has 1 N–H and O–H groups in total. The quantitative estimate of drug-likeness (QED) is 0.327. The number of ether oxygens (including phenoxy) is 1. The minimum atomic E-state index is -1.49. The van der Waals surface area contributed by atoms with Crippen LogP contribution in [0.3, 0.4) is 0 Å². The molecule has 0 saturated carbocycles. The molecule has 0 aromatic heterocycles. The molecule has 3 heterocycles. The Morgan fingerprint density at radius 1 is 0.878 bits per heavy atom. The molecule has 4 unspecified atom stereocenters. The summed E-state index contributed by atoms with van der Waals surface area (Å²) in [5.41, 5.74) is 1.49. The number of amides is 1. The zero-order valence-electron chi connectivity index (χ0n) is 22.1. The number of ketones is 2. The molecule has 7 rings (SSSR count). The number of halogens is 1. The molecule has 1 spiro atoms. The average molecular weight is 545 g/mol. The third-order valence-corrected chi connectivity index (χ3v) is 8.61. The zero-order chi connectivity index (χ0) is 28.3. The van der Waals surface area contributed by atoms with E-state index in [-0.39, 0.29) is 11.3 Å². The molecular formula is C34H25FN2O4. The molecule has 7 heteroatoms. The number of hydrogen-bond acceptors (Lipinski definition) is 5. The highest BCUT2D eigenvalue weighted by Crippen LogP contribution is 2.58. The van der Waals surface area contributed by atoms with Gasteiger partial charge in [0.25, 0.3) is 0 Å². The van der Waals surface area contributed by atoms with Gasteiger partial charge in [0.15, 0.2) is 11.6 Å². The molecule has 202 valence electrons. The Balaban J connectivity index is 1.53. The fourth-order valence-electron chi connectivity index (χ4n) is 6.87. The van der Waals surface area contributed by atoms with Crippen molar-refractivity contribution in [1.29, 1.82) is 0 Å². The minimum absolute atomic E-state index is 0.154. The maximum atomic E-state index is 15.3. The summed E-state index contributed by atoms with van der Waals surface area (Å²) in [7, 11) is 1.54. The van der Waals surface area contributed by atoms with Crippen LogP contribution < -0.4 is 15.0 Å². The van der Waals surface area contributed by atoms with Crippen LogP contribution in [0.4, 0.5) is 15.8 Å². The minimum Gasteiger partial charge on any atom is -0.497 e. The first-order valence-corrected chi connectivity index (χ1v) is 13.4. The molecule has 3 aliphatic rings. The van der Waals surface area contributed by atoms with Gasteiger partial charge in [-0.2, -0.15) is 0 Å². The van der Waals surface area contributed by atoms with E-state index in [0.29, 0.717) is 22.6 Å². The number of nitrogens with zero attached hydrogens (tertiary/aromatic N) is 1. The monoisotopic (exact) mass is 544 g/mol. The summed E-state index contributed by atoms with van der Waals surface area (Å²) in [5.74, 6) is -2.68. The molecule has 4 aromatic carbocycles. The Morgan fingerprint density at radius 2 is 1.59 bits per heavy atom. The van der Waals surface area contributed by atoms with Crippen LogP contribution in [-0.2, 0) is 10.2 Å². The number of para-hydroxylation sites is 2. The van der Waals surface area contributed by atoms with E-state index < -0.39 is 40.9 Å². The molecule has 6 nitrogen and oxygen atoms in total. The largest absolute Gasteiger partial charge is 0.497 e. The summed E-state index contributed by atoms with van der Waals surface area (Å²) in [6.07, 6.45) is 3.82. The van der Waals surface area contributed by atoms with Gasteiger partial charge in [-0.25, -0.2) is 4.39 Å². The van der Waals surface area contributed by atoms with Crippen molar-refractivity contribution in [3.63, 3.8) is 0 Å². The second-order valence-corrected chi connectivity index (χ2v) is 10.5. The van der Waals surface area contributed by atoms with Gasteiger partial charge in [0, 0.05) is 16.9 Å². The Morgan fingerprint density at radius 3 is 2.37 bits per heavy atom. The van der Waals surface area contributed by atoms with E-state index in [4.69, 9.17) is 4.74 Å². The van der Waals surface area contributed by atoms with Crippen molar-refractivity contribution in [1.82, 2.24) is 0 Å². The van der Waals surface area contributed by atoms with Gasteiger partial charge in [0.1, 0.15) is 23.0 Å². The molecule has 4 aromatic rings. The maximum absolute atomic E-state index is 15.3. The molecule has 41 heavy (non-hydrogen) atoms. The number of methoxy groups -OCH3 is 1. The number of carbonyl (C=O) groups excluding carboxylic acids is 3. The van der Waals surface area contributed by atoms with Gasteiger partial charge >= 0.3 is 0 Å². The molecule has 0 aliphatic carbocycles. The number of hydrogen-bond donors (Lipinski definition) is 1. The van der Waals surface area contributed by atoms with Crippen molar-refractivity contribution in [2.75, 3.05) is 17.3 Å². The van der Waals surface area contributed by atoms with Crippen molar-refractivity contribution in [2.24, 2.45) is 5.92 Å². The summed E-state index contributed by atoms with van der Waals surface area (Å²) in [4.78, 5) is 45.5. The lowest BCUT2D eigenvalue weighted by molar-refractivity contribution is -0.121.